The Morgan fingerprint density at radius 1 is 1.73 bits per heavy atom. The number of nitrogens with two attached hydrogens (primary N) is 1. The number of hydrogen-bond acceptors (Lipinski definition) is 4. The molecule has 1 rings (SSSR count). The van der Waals surface area contributed by atoms with Gasteiger partial charge in [0.25, 0.3) is 0 Å². The number of Topliss-reactive ketones (excluding diaryl/α,β-unsaturated/α-hetero) is 1. The Morgan fingerprint density at radius 3 is 2.80 bits per heavy atom. The van der Waals surface area contributed by atoms with E-state index in [9.17, 15) is 14.3 Å². The van der Waals surface area contributed by atoms with Crippen molar-refractivity contribution < 1.29 is 19.0 Å². The molecule has 3 N–H and O–H groups in total. The van der Waals surface area contributed by atoms with E-state index in [1.807, 2.05) is 0 Å². The summed E-state index contributed by atoms with van der Waals surface area (Å²) in [4.78, 5) is 11.3. The summed E-state index contributed by atoms with van der Waals surface area (Å²) in [5, 5.41) is 9.60. The van der Waals surface area contributed by atoms with Gasteiger partial charge in [-0.05, 0) is 15.9 Å². The first-order valence-electron chi connectivity index (χ1n) is 4.01. The fourth-order valence-electron chi connectivity index (χ4n) is 1.11. The number of ether oxygens (including phenoxy) is 1. The van der Waals surface area contributed by atoms with Gasteiger partial charge >= 0.3 is 0 Å². The van der Waals surface area contributed by atoms with Gasteiger partial charge in [0.1, 0.15) is 5.82 Å². The van der Waals surface area contributed by atoms with E-state index < -0.39 is 17.3 Å². The highest BCUT2D eigenvalue weighted by Gasteiger charge is 2.21. The van der Waals surface area contributed by atoms with E-state index in [1.54, 1.807) is 0 Å². The van der Waals surface area contributed by atoms with Gasteiger partial charge in [-0.2, -0.15) is 0 Å². The van der Waals surface area contributed by atoms with Crippen molar-refractivity contribution in [1.29, 1.82) is 0 Å². The van der Waals surface area contributed by atoms with E-state index in [2.05, 4.69) is 15.9 Å². The number of methoxy groups -OCH3 is 1. The van der Waals surface area contributed by atoms with Crippen molar-refractivity contribution in [1.82, 2.24) is 0 Å². The quantitative estimate of drug-likeness (QED) is 0.821. The number of rotatable bonds is 3. The first-order chi connectivity index (χ1) is 7.02. The third-order valence-electron chi connectivity index (χ3n) is 1.84. The number of benzene rings is 1. The van der Waals surface area contributed by atoms with Crippen molar-refractivity contribution in [3.05, 3.63) is 21.9 Å². The molecule has 0 aliphatic rings. The van der Waals surface area contributed by atoms with Gasteiger partial charge in [-0.25, -0.2) is 4.39 Å². The number of phenolic OH excluding ortho intramolecular Hbond substituents is 1. The summed E-state index contributed by atoms with van der Waals surface area (Å²) in [6, 6.07) is 0.979. The predicted molar refractivity (Wildman–Crippen MR) is 55.7 cm³/mol. The number of phenols is 1. The molecule has 6 heteroatoms. The molecule has 4 nitrogen and oxygen atoms in total. The molecule has 0 heterocycles. The predicted octanol–water partition coefficient (Wildman–Crippen LogP) is 1.44. The average Bonchev–Trinajstić information content (AvgIpc) is 2.23. The molecule has 15 heavy (non-hydrogen) atoms. The highest BCUT2D eigenvalue weighted by Crippen LogP contribution is 2.37. The zero-order valence-corrected chi connectivity index (χ0v) is 9.47. The Kier molecular flexibility index (Phi) is 3.65. The van der Waals surface area contributed by atoms with Crippen LogP contribution in [0.3, 0.4) is 0 Å². The normalized spacial score (nSPS) is 10.1. The largest absolute Gasteiger partial charge is 0.504 e. The van der Waals surface area contributed by atoms with E-state index in [0.717, 1.165) is 6.07 Å². The lowest BCUT2D eigenvalue weighted by Gasteiger charge is -2.10. The Labute approximate surface area is 94.0 Å². The maximum Gasteiger partial charge on any atom is 0.181 e. The van der Waals surface area contributed by atoms with Gasteiger partial charge in [-0.1, -0.05) is 0 Å². The first-order valence-corrected chi connectivity index (χ1v) is 4.80. The van der Waals surface area contributed by atoms with Crippen LogP contribution in [-0.4, -0.2) is 24.5 Å². The van der Waals surface area contributed by atoms with Crippen LogP contribution in [0.5, 0.6) is 11.5 Å². The molecule has 1 aromatic carbocycles. The van der Waals surface area contributed by atoms with Crippen molar-refractivity contribution in [3.8, 4) is 11.5 Å². The molecule has 0 spiro atoms. The Hall–Kier alpha value is -1.14. The van der Waals surface area contributed by atoms with Crippen LogP contribution in [0.25, 0.3) is 0 Å². The molecule has 0 aromatic heterocycles. The van der Waals surface area contributed by atoms with Gasteiger partial charge in [-0.15, -0.1) is 0 Å². The number of halogens is 2. The number of ketones is 1. The molecule has 0 atom stereocenters. The van der Waals surface area contributed by atoms with E-state index in [1.165, 1.54) is 7.11 Å². The molecule has 0 radical (unpaired) electrons. The summed E-state index contributed by atoms with van der Waals surface area (Å²) in [7, 11) is 1.26. The van der Waals surface area contributed by atoms with Crippen LogP contribution < -0.4 is 10.5 Å². The minimum absolute atomic E-state index is 0.104. The molecule has 0 fully saturated rings. The lowest BCUT2D eigenvalue weighted by atomic mass is 10.1. The van der Waals surface area contributed by atoms with Crippen molar-refractivity contribution in [2.45, 2.75) is 0 Å². The van der Waals surface area contributed by atoms with E-state index in [0.29, 0.717) is 0 Å². The van der Waals surface area contributed by atoms with Crippen LogP contribution in [-0.2, 0) is 0 Å². The molecule has 0 unspecified atom stereocenters. The fraction of sp³-hybridized carbons (Fsp3) is 0.222. The summed E-state index contributed by atoms with van der Waals surface area (Å²) < 4.78 is 17.9. The average molecular weight is 278 g/mol. The molecule has 82 valence electrons. The van der Waals surface area contributed by atoms with Gasteiger partial charge in [0.2, 0.25) is 0 Å². The monoisotopic (exact) mass is 277 g/mol. The van der Waals surface area contributed by atoms with E-state index >= 15 is 0 Å². The second-order valence-corrected chi connectivity index (χ2v) is 3.52. The Morgan fingerprint density at radius 2 is 2.33 bits per heavy atom. The van der Waals surface area contributed by atoms with Crippen molar-refractivity contribution in [2.24, 2.45) is 5.73 Å². The highest BCUT2D eigenvalue weighted by atomic mass is 79.9. The molecular weight excluding hydrogens is 269 g/mol. The number of aromatic hydroxyl groups is 1. The molecular formula is C9H9BrFNO3. The van der Waals surface area contributed by atoms with Crippen LogP contribution >= 0.6 is 15.9 Å². The lowest BCUT2D eigenvalue weighted by molar-refractivity contribution is 0.0997. The molecule has 0 saturated heterocycles. The van der Waals surface area contributed by atoms with E-state index in [4.69, 9.17) is 10.5 Å². The maximum absolute atomic E-state index is 13.3. The summed E-state index contributed by atoms with van der Waals surface area (Å²) >= 11 is 2.87. The SMILES string of the molecule is COc1cc(F)c(Br)c(C(=O)CN)c1O. The van der Waals surface area contributed by atoms with Crippen molar-refractivity contribution in [2.75, 3.05) is 13.7 Å². The zero-order valence-electron chi connectivity index (χ0n) is 7.88. The topological polar surface area (TPSA) is 72.5 Å². The molecule has 0 amide bonds. The van der Waals surface area contributed by atoms with Crippen molar-refractivity contribution >= 4 is 21.7 Å². The Bertz CT molecular complexity index is 409. The highest BCUT2D eigenvalue weighted by molar-refractivity contribution is 9.10. The molecule has 0 bridgehead atoms. The smallest absolute Gasteiger partial charge is 0.181 e. The van der Waals surface area contributed by atoms with Crippen molar-refractivity contribution in [3.63, 3.8) is 0 Å². The second-order valence-electron chi connectivity index (χ2n) is 2.73. The maximum atomic E-state index is 13.3. The van der Waals surface area contributed by atoms with Crippen LogP contribution in [0.15, 0.2) is 10.5 Å². The third kappa shape index (κ3) is 2.10. The summed E-state index contributed by atoms with van der Waals surface area (Å²) in [5.74, 6) is -1.78. The number of hydrogen-bond donors (Lipinski definition) is 2. The fourth-order valence-corrected chi connectivity index (χ4v) is 1.63. The molecule has 0 aliphatic heterocycles. The van der Waals surface area contributed by atoms with Crippen LogP contribution in [0, 0.1) is 5.82 Å². The molecule has 0 saturated carbocycles. The minimum atomic E-state index is -0.693. The van der Waals surface area contributed by atoms with Crippen LogP contribution in [0.4, 0.5) is 4.39 Å². The number of carbonyl (C=O) groups is 1. The second kappa shape index (κ2) is 4.59. The Balaban J connectivity index is 3.47. The molecule has 1 aromatic rings. The number of carbonyl (C=O) groups excluding carboxylic acids is 1. The van der Waals surface area contributed by atoms with Crippen LogP contribution in [0.1, 0.15) is 10.4 Å². The summed E-state index contributed by atoms with van der Waals surface area (Å²) in [5.41, 5.74) is 4.94. The summed E-state index contributed by atoms with van der Waals surface area (Å²) in [6.45, 7) is -0.321. The summed E-state index contributed by atoms with van der Waals surface area (Å²) in [6.07, 6.45) is 0. The van der Waals surface area contributed by atoms with Gasteiger partial charge in [0.15, 0.2) is 17.3 Å². The van der Waals surface area contributed by atoms with Gasteiger partial charge < -0.3 is 15.6 Å². The van der Waals surface area contributed by atoms with Gasteiger partial charge in [0.05, 0.1) is 23.7 Å². The molecule has 0 aliphatic carbocycles. The van der Waals surface area contributed by atoms with Crippen LogP contribution in [0.2, 0.25) is 0 Å². The zero-order chi connectivity index (χ0) is 11.6. The third-order valence-corrected chi connectivity index (χ3v) is 2.62. The van der Waals surface area contributed by atoms with E-state index in [-0.39, 0.29) is 22.3 Å². The van der Waals surface area contributed by atoms with Gasteiger partial charge in [-0.3, -0.25) is 4.79 Å². The minimum Gasteiger partial charge on any atom is -0.504 e. The lowest BCUT2D eigenvalue weighted by Crippen LogP contribution is -2.15. The standard InChI is InChI=1S/C9H9BrFNO3/c1-15-6-2-4(11)8(10)7(9(6)14)5(13)3-12/h2,14H,3,12H2,1H3. The van der Waals surface area contributed by atoms with Gasteiger partial charge in [0, 0.05) is 6.07 Å². The first kappa shape index (κ1) is 11.9.